The van der Waals surface area contributed by atoms with E-state index in [4.69, 9.17) is 9.15 Å². The number of nitrogens with zero attached hydrogens (tertiary/aromatic N) is 1. The van der Waals surface area contributed by atoms with Crippen molar-refractivity contribution in [2.45, 2.75) is 32.6 Å². The van der Waals surface area contributed by atoms with Crippen LogP contribution in [0.3, 0.4) is 0 Å². The van der Waals surface area contributed by atoms with E-state index in [1.165, 1.54) is 29.6 Å². The number of hydrogen-bond acceptors (Lipinski definition) is 6. The third kappa shape index (κ3) is 5.20. The smallest absolute Gasteiger partial charge is 0.313 e. The molecule has 2 aromatic rings. The Hall–Kier alpha value is -2.49. The first-order valence-corrected chi connectivity index (χ1v) is 12.7. The summed E-state index contributed by atoms with van der Waals surface area (Å²) in [5, 5.41) is 0. The van der Waals surface area contributed by atoms with Gasteiger partial charge in [-0.1, -0.05) is 15.9 Å². The minimum absolute atomic E-state index is 0.0128. The summed E-state index contributed by atoms with van der Waals surface area (Å²) in [6, 6.07) is 9.79. The summed E-state index contributed by atoms with van der Waals surface area (Å²) in [5.41, 5.74) is 2.17. The maximum absolute atomic E-state index is 13.3. The van der Waals surface area contributed by atoms with E-state index in [-0.39, 0.29) is 30.4 Å². The summed E-state index contributed by atoms with van der Waals surface area (Å²) in [5.74, 6) is -0.849. The van der Waals surface area contributed by atoms with Crippen LogP contribution in [0.1, 0.15) is 33.5 Å². The number of hydrogen-bond donors (Lipinski definition) is 0. The van der Waals surface area contributed by atoms with Gasteiger partial charge in [0.25, 0.3) is 0 Å². The average Bonchev–Trinajstić information content (AvgIpc) is 3.45. The van der Waals surface area contributed by atoms with Gasteiger partial charge in [0, 0.05) is 28.7 Å². The molecule has 2 heterocycles. The minimum Gasteiger partial charge on any atom is -0.466 e. The molecule has 0 saturated heterocycles. The van der Waals surface area contributed by atoms with Gasteiger partial charge < -0.3 is 9.15 Å². The zero-order valence-electron chi connectivity index (χ0n) is 18.9. The zero-order chi connectivity index (χ0) is 24.3. The number of carbonyl (C=O) groups is 2. The Labute approximate surface area is 202 Å². The van der Waals surface area contributed by atoms with Crippen LogP contribution in [-0.2, 0) is 24.3 Å². The molecule has 7 nitrogen and oxygen atoms in total. The number of halogens is 1. The summed E-state index contributed by atoms with van der Waals surface area (Å²) in [6.07, 6.45) is 1.50. The second-order valence-corrected chi connectivity index (χ2v) is 10.6. The molecule has 1 atom stereocenters. The van der Waals surface area contributed by atoms with E-state index in [2.05, 4.69) is 15.9 Å². The molecule has 0 bridgehead atoms. The number of Topliss-reactive ketones (excluding diaryl/α,β-unsaturated/α-hetero) is 1. The highest BCUT2D eigenvalue weighted by Crippen LogP contribution is 2.36. The molecule has 176 valence electrons. The number of benzene rings is 1. The Kier molecular flexibility index (Phi) is 7.76. The predicted molar refractivity (Wildman–Crippen MR) is 128 cm³/mol. The normalized spacial score (nSPS) is 16.5. The van der Waals surface area contributed by atoms with E-state index in [1.807, 2.05) is 0 Å². The summed E-state index contributed by atoms with van der Waals surface area (Å²) in [6.45, 7) is 6.83. The predicted octanol–water partition coefficient (Wildman–Crippen LogP) is 4.60. The molecule has 1 aromatic carbocycles. The SMILES string of the molecule is CCOC(=O)C(C)/C(=C(\C)C1=C(C(C)=O)CN(S(=O)(=O)c2ccc(Br)cc2)C1)c1ccco1. The van der Waals surface area contributed by atoms with Crippen LogP contribution in [0.25, 0.3) is 5.57 Å². The van der Waals surface area contributed by atoms with Gasteiger partial charge in [0.1, 0.15) is 5.76 Å². The molecular formula is C24H26BrNO6S. The van der Waals surface area contributed by atoms with Crippen molar-refractivity contribution in [2.75, 3.05) is 19.7 Å². The molecule has 1 unspecified atom stereocenters. The molecule has 0 aliphatic carbocycles. The monoisotopic (exact) mass is 535 g/mol. The number of esters is 1. The van der Waals surface area contributed by atoms with E-state index < -0.39 is 21.9 Å². The molecule has 1 aliphatic heterocycles. The van der Waals surface area contributed by atoms with Crippen LogP contribution in [-0.4, -0.2) is 44.2 Å². The molecule has 0 spiro atoms. The first-order chi connectivity index (χ1) is 15.6. The Morgan fingerprint density at radius 1 is 1.12 bits per heavy atom. The van der Waals surface area contributed by atoms with Crippen molar-refractivity contribution >= 4 is 43.3 Å². The lowest BCUT2D eigenvalue weighted by Crippen LogP contribution is -2.30. The lowest BCUT2D eigenvalue weighted by molar-refractivity contribution is -0.145. The molecule has 0 fully saturated rings. The van der Waals surface area contributed by atoms with Gasteiger partial charge in [-0.2, -0.15) is 4.31 Å². The van der Waals surface area contributed by atoms with Crippen LogP contribution in [0.5, 0.6) is 0 Å². The van der Waals surface area contributed by atoms with Gasteiger partial charge in [0.15, 0.2) is 5.78 Å². The van der Waals surface area contributed by atoms with Crippen molar-refractivity contribution < 1.29 is 27.2 Å². The molecule has 3 rings (SSSR count). The van der Waals surface area contributed by atoms with Crippen molar-refractivity contribution in [1.29, 1.82) is 0 Å². The fourth-order valence-corrected chi connectivity index (χ4v) is 5.54. The summed E-state index contributed by atoms with van der Waals surface area (Å²) < 4.78 is 39.4. The highest BCUT2D eigenvalue weighted by Gasteiger charge is 2.36. The fourth-order valence-electron chi connectivity index (χ4n) is 3.90. The van der Waals surface area contributed by atoms with Crippen molar-refractivity contribution in [1.82, 2.24) is 4.31 Å². The fraction of sp³-hybridized carbons (Fsp3) is 0.333. The first-order valence-electron chi connectivity index (χ1n) is 10.5. The topological polar surface area (TPSA) is 93.9 Å². The summed E-state index contributed by atoms with van der Waals surface area (Å²) >= 11 is 3.31. The van der Waals surface area contributed by atoms with E-state index >= 15 is 0 Å². The third-order valence-corrected chi connectivity index (χ3v) is 7.96. The van der Waals surface area contributed by atoms with Crippen LogP contribution in [0.2, 0.25) is 0 Å². The van der Waals surface area contributed by atoms with Crippen LogP contribution in [0.4, 0.5) is 0 Å². The van der Waals surface area contributed by atoms with Gasteiger partial charge in [0.2, 0.25) is 10.0 Å². The van der Waals surface area contributed by atoms with Crippen LogP contribution < -0.4 is 0 Å². The highest BCUT2D eigenvalue weighted by atomic mass is 79.9. The van der Waals surface area contributed by atoms with E-state index in [1.54, 1.807) is 45.0 Å². The number of sulfonamides is 1. The van der Waals surface area contributed by atoms with Crippen LogP contribution in [0.15, 0.2) is 73.2 Å². The first kappa shape index (κ1) is 25.1. The number of furan rings is 1. The second kappa shape index (κ2) is 10.2. The van der Waals surface area contributed by atoms with Crippen molar-refractivity contribution in [3.63, 3.8) is 0 Å². The molecular weight excluding hydrogens is 510 g/mol. The summed E-state index contributed by atoms with van der Waals surface area (Å²) in [4.78, 5) is 25.2. The highest BCUT2D eigenvalue weighted by molar-refractivity contribution is 9.10. The number of rotatable bonds is 8. The maximum Gasteiger partial charge on any atom is 0.313 e. The minimum atomic E-state index is -3.83. The van der Waals surface area contributed by atoms with E-state index in [0.29, 0.717) is 28.1 Å². The van der Waals surface area contributed by atoms with Gasteiger partial charge in [-0.05, 0) is 75.2 Å². The van der Waals surface area contributed by atoms with Gasteiger partial charge >= 0.3 is 5.97 Å². The molecule has 0 N–H and O–H groups in total. The van der Waals surface area contributed by atoms with Crippen molar-refractivity contribution in [3.8, 4) is 0 Å². The number of ketones is 1. The summed E-state index contributed by atoms with van der Waals surface area (Å²) in [7, 11) is -3.83. The number of carbonyl (C=O) groups excluding carboxylic acids is 2. The zero-order valence-corrected chi connectivity index (χ0v) is 21.3. The van der Waals surface area contributed by atoms with Gasteiger partial charge in [-0.15, -0.1) is 0 Å². The van der Waals surface area contributed by atoms with Crippen molar-refractivity contribution in [2.24, 2.45) is 5.92 Å². The largest absolute Gasteiger partial charge is 0.466 e. The quantitative estimate of drug-likeness (QED) is 0.458. The van der Waals surface area contributed by atoms with Gasteiger partial charge in [-0.3, -0.25) is 9.59 Å². The van der Waals surface area contributed by atoms with E-state index in [0.717, 1.165) is 4.47 Å². The van der Waals surface area contributed by atoms with Crippen molar-refractivity contribution in [3.05, 3.63) is 69.6 Å². The molecule has 0 amide bonds. The molecule has 33 heavy (non-hydrogen) atoms. The number of ether oxygens (including phenoxy) is 1. The Morgan fingerprint density at radius 3 is 2.30 bits per heavy atom. The second-order valence-electron chi connectivity index (χ2n) is 7.73. The Bertz CT molecular complexity index is 1210. The van der Waals surface area contributed by atoms with Crippen LogP contribution in [0, 0.1) is 5.92 Å². The van der Waals surface area contributed by atoms with Crippen LogP contribution >= 0.6 is 15.9 Å². The van der Waals surface area contributed by atoms with E-state index in [9.17, 15) is 18.0 Å². The third-order valence-electron chi connectivity index (χ3n) is 5.63. The average molecular weight is 536 g/mol. The standard InChI is InChI=1S/C24H26BrNO6S/c1-5-31-24(28)16(3)23(22-7-6-12-32-22)15(2)20-13-26(14-21(20)17(4)27)33(29,30)19-10-8-18(25)9-11-19/h6-12,16H,5,13-14H2,1-4H3/b23-15-. The molecule has 1 aliphatic rings. The lowest BCUT2D eigenvalue weighted by atomic mass is 9.89. The lowest BCUT2D eigenvalue weighted by Gasteiger charge is -2.19. The molecule has 1 aromatic heterocycles. The van der Waals surface area contributed by atoms with Gasteiger partial charge in [0.05, 0.1) is 23.7 Å². The Balaban J connectivity index is 2.08. The molecule has 0 radical (unpaired) electrons. The van der Waals surface area contributed by atoms with Gasteiger partial charge in [-0.25, -0.2) is 8.42 Å². The maximum atomic E-state index is 13.3. The molecule has 0 saturated carbocycles. The Morgan fingerprint density at radius 2 is 1.76 bits per heavy atom. The molecule has 9 heteroatoms.